The lowest BCUT2D eigenvalue weighted by Crippen LogP contribution is -2.53. The van der Waals surface area contributed by atoms with Crippen LogP contribution >= 0.6 is 0 Å². The zero-order valence-corrected chi connectivity index (χ0v) is 11.0. The number of hydrogen-bond donors (Lipinski definition) is 1. The molecule has 2 fully saturated rings. The molecule has 0 amide bonds. The SMILES string of the molecule is CCCN(CC)C1CC2(CCC1O)OCCO2. The Morgan fingerprint density at radius 2 is 2.00 bits per heavy atom. The molecular formula is C13H25NO3. The summed E-state index contributed by atoms with van der Waals surface area (Å²) in [4.78, 5) is 2.36. The van der Waals surface area contributed by atoms with Crippen LogP contribution in [0.2, 0.25) is 0 Å². The van der Waals surface area contributed by atoms with Crippen molar-refractivity contribution in [1.29, 1.82) is 0 Å². The number of aliphatic hydroxyl groups is 1. The summed E-state index contributed by atoms with van der Waals surface area (Å²) in [5, 5.41) is 10.2. The summed E-state index contributed by atoms with van der Waals surface area (Å²) in [6, 6.07) is 0.187. The molecule has 4 nitrogen and oxygen atoms in total. The quantitative estimate of drug-likeness (QED) is 0.810. The van der Waals surface area contributed by atoms with Crippen molar-refractivity contribution in [3.05, 3.63) is 0 Å². The van der Waals surface area contributed by atoms with Crippen LogP contribution in [0.15, 0.2) is 0 Å². The Balaban J connectivity index is 2.02. The molecule has 1 saturated carbocycles. The minimum atomic E-state index is -0.398. The van der Waals surface area contributed by atoms with Crippen molar-refractivity contribution in [2.45, 2.75) is 57.5 Å². The first-order valence-corrected chi connectivity index (χ1v) is 6.91. The second kappa shape index (κ2) is 5.65. The lowest BCUT2D eigenvalue weighted by atomic mass is 9.86. The van der Waals surface area contributed by atoms with E-state index in [-0.39, 0.29) is 12.1 Å². The van der Waals surface area contributed by atoms with E-state index >= 15 is 0 Å². The highest BCUT2D eigenvalue weighted by Crippen LogP contribution is 2.37. The van der Waals surface area contributed by atoms with Crippen LogP contribution in [-0.2, 0) is 9.47 Å². The van der Waals surface area contributed by atoms with Gasteiger partial charge < -0.3 is 14.6 Å². The lowest BCUT2D eigenvalue weighted by molar-refractivity contribution is -0.205. The molecule has 1 saturated heterocycles. The van der Waals surface area contributed by atoms with Gasteiger partial charge in [-0.1, -0.05) is 13.8 Å². The maximum Gasteiger partial charge on any atom is 0.170 e. The van der Waals surface area contributed by atoms with Gasteiger partial charge in [-0.15, -0.1) is 0 Å². The second-order valence-electron chi connectivity index (χ2n) is 5.11. The zero-order chi connectivity index (χ0) is 12.3. The lowest BCUT2D eigenvalue weighted by Gasteiger charge is -2.43. The standard InChI is InChI=1S/C13H25NO3/c1-3-7-14(4-2)11-10-13(6-5-12(11)15)16-8-9-17-13/h11-12,15H,3-10H2,1-2H3. The molecule has 0 aromatic carbocycles. The smallest absolute Gasteiger partial charge is 0.170 e. The van der Waals surface area contributed by atoms with Gasteiger partial charge in [-0.3, -0.25) is 4.90 Å². The Hall–Kier alpha value is -0.160. The Bertz CT molecular complexity index is 241. The molecule has 2 aliphatic rings. The van der Waals surface area contributed by atoms with Crippen molar-refractivity contribution in [3.63, 3.8) is 0 Å². The van der Waals surface area contributed by atoms with Crippen LogP contribution in [0.25, 0.3) is 0 Å². The van der Waals surface area contributed by atoms with E-state index in [0.29, 0.717) is 13.2 Å². The Labute approximate surface area is 104 Å². The van der Waals surface area contributed by atoms with Gasteiger partial charge in [0.05, 0.1) is 19.3 Å². The van der Waals surface area contributed by atoms with E-state index in [0.717, 1.165) is 38.8 Å². The largest absolute Gasteiger partial charge is 0.391 e. The summed E-state index contributed by atoms with van der Waals surface area (Å²) in [6.45, 7) is 7.74. The fourth-order valence-corrected chi connectivity index (χ4v) is 3.09. The number of ether oxygens (including phenoxy) is 2. The maximum atomic E-state index is 10.2. The molecule has 1 aliphatic carbocycles. The third-order valence-electron chi connectivity index (χ3n) is 3.98. The number of likely N-dealkylation sites (N-methyl/N-ethyl adjacent to an activating group) is 1. The van der Waals surface area contributed by atoms with Gasteiger partial charge in [-0.2, -0.15) is 0 Å². The van der Waals surface area contributed by atoms with E-state index in [1.54, 1.807) is 0 Å². The molecule has 2 atom stereocenters. The minimum absolute atomic E-state index is 0.187. The highest BCUT2D eigenvalue weighted by atomic mass is 16.7. The molecule has 1 spiro atoms. The molecule has 1 heterocycles. The van der Waals surface area contributed by atoms with Gasteiger partial charge in [0.2, 0.25) is 0 Å². The second-order valence-corrected chi connectivity index (χ2v) is 5.11. The minimum Gasteiger partial charge on any atom is -0.391 e. The average molecular weight is 243 g/mol. The molecule has 4 heteroatoms. The first kappa shape index (κ1) is 13.3. The summed E-state index contributed by atoms with van der Waals surface area (Å²) in [5.74, 6) is -0.398. The van der Waals surface area contributed by atoms with Gasteiger partial charge in [-0.05, 0) is 25.9 Å². The van der Waals surface area contributed by atoms with Gasteiger partial charge in [0.15, 0.2) is 5.79 Å². The number of aliphatic hydroxyl groups excluding tert-OH is 1. The molecule has 1 N–H and O–H groups in total. The third kappa shape index (κ3) is 2.81. The fraction of sp³-hybridized carbons (Fsp3) is 1.00. The molecule has 2 rings (SSSR count). The highest BCUT2D eigenvalue weighted by molar-refractivity contribution is 4.92. The molecule has 0 bridgehead atoms. The van der Waals surface area contributed by atoms with Gasteiger partial charge in [-0.25, -0.2) is 0 Å². The van der Waals surface area contributed by atoms with Crippen LogP contribution in [0.4, 0.5) is 0 Å². The molecular weight excluding hydrogens is 218 g/mol. The van der Waals surface area contributed by atoms with Crippen LogP contribution in [0.5, 0.6) is 0 Å². The number of rotatable bonds is 4. The molecule has 100 valence electrons. The molecule has 0 radical (unpaired) electrons. The Kier molecular flexibility index (Phi) is 4.42. The monoisotopic (exact) mass is 243 g/mol. The summed E-state index contributed by atoms with van der Waals surface area (Å²) < 4.78 is 11.5. The van der Waals surface area contributed by atoms with Crippen molar-refractivity contribution in [1.82, 2.24) is 4.90 Å². The van der Waals surface area contributed by atoms with Crippen LogP contribution < -0.4 is 0 Å². The van der Waals surface area contributed by atoms with Gasteiger partial charge in [0.1, 0.15) is 0 Å². The zero-order valence-electron chi connectivity index (χ0n) is 11.0. The van der Waals surface area contributed by atoms with E-state index in [1.807, 2.05) is 0 Å². The van der Waals surface area contributed by atoms with Crippen molar-refractivity contribution in [3.8, 4) is 0 Å². The normalized spacial score (nSPS) is 32.5. The van der Waals surface area contributed by atoms with E-state index in [2.05, 4.69) is 18.7 Å². The van der Waals surface area contributed by atoms with Gasteiger partial charge in [0.25, 0.3) is 0 Å². The van der Waals surface area contributed by atoms with Crippen molar-refractivity contribution < 1.29 is 14.6 Å². The molecule has 0 aromatic heterocycles. The molecule has 2 unspecified atom stereocenters. The molecule has 17 heavy (non-hydrogen) atoms. The first-order valence-electron chi connectivity index (χ1n) is 6.91. The third-order valence-corrected chi connectivity index (χ3v) is 3.98. The van der Waals surface area contributed by atoms with E-state index in [1.165, 1.54) is 0 Å². The number of hydrogen-bond acceptors (Lipinski definition) is 4. The van der Waals surface area contributed by atoms with E-state index < -0.39 is 5.79 Å². The van der Waals surface area contributed by atoms with Crippen LogP contribution in [0, 0.1) is 0 Å². The van der Waals surface area contributed by atoms with Gasteiger partial charge in [0, 0.05) is 18.9 Å². The van der Waals surface area contributed by atoms with Crippen LogP contribution in [0.3, 0.4) is 0 Å². The summed E-state index contributed by atoms with van der Waals surface area (Å²) in [7, 11) is 0. The highest BCUT2D eigenvalue weighted by Gasteiger charge is 2.46. The average Bonchev–Trinajstić information content (AvgIpc) is 2.78. The fourth-order valence-electron chi connectivity index (χ4n) is 3.09. The van der Waals surface area contributed by atoms with Crippen molar-refractivity contribution in [2.75, 3.05) is 26.3 Å². The summed E-state index contributed by atoms with van der Waals surface area (Å²) in [5.41, 5.74) is 0. The Morgan fingerprint density at radius 1 is 1.29 bits per heavy atom. The van der Waals surface area contributed by atoms with E-state index in [4.69, 9.17) is 9.47 Å². The van der Waals surface area contributed by atoms with E-state index in [9.17, 15) is 5.11 Å². The number of nitrogens with zero attached hydrogens (tertiary/aromatic N) is 1. The predicted molar refractivity (Wildman–Crippen MR) is 65.8 cm³/mol. The molecule has 0 aromatic rings. The van der Waals surface area contributed by atoms with Crippen LogP contribution in [0.1, 0.15) is 39.5 Å². The topological polar surface area (TPSA) is 41.9 Å². The Morgan fingerprint density at radius 3 is 2.59 bits per heavy atom. The van der Waals surface area contributed by atoms with Gasteiger partial charge >= 0.3 is 0 Å². The first-order chi connectivity index (χ1) is 8.21. The molecule has 1 aliphatic heterocycles. The predicted octanol–water partition coefficient (Wildman–Crippen LogP) is 1.37. The summed E-state index contributed by atoms with van der Waals surface area (Å²) in [6.07, 6.45) is 3.30. The maximum absolute atomic E-state index is 10.2. The van der Waals surface area contributed by atoms with Crippen molar-refractivity contribution >= 4 is 0 Å². The van der Waals surface area contributed by atoms with Crippen molar-refractivity contribution in [2.24, 2.45) is 0 Å². The van der Waals surface area contributed by atoms with Crippen LogP contribution in [-0.4, -0.2) is 54.2 Å². The summed E-state index contributed by atoms with van der Waals surface area (Å²) >= 11 is 0.